The third kappa shape index (κ3) is 3.17. The number of hydrogen-bond acceptors (Lipinski definition) is 3. The molecule has 1 spiro atoms. The molecule has 1 N–H and O–H groups in total. The summed E-state index contributed by atoms with van der Waals surface area (Å²) in [6.07, 6.45) is 6.19. The van der Waals surface area contributed by atoms with E-state index in [9.17, 15) is 4.79 Å². The summed E-state index contributed by atoms with van der Waals surface area (Å²) < 4.78 is 1.62. The second-order valence-electron chi connectivity index (χ2n) is 6.91. The van der Waals surface area contributed by atoms with Gasteiger partial charge >= 0.3 is 0 Å². The molecule has 1 aliphatic heterocycles. The molecule has 1 heterocycles. The van der Waals surface area contributed by atoms with Gasteiger partial charge in [0.2, 0.25) is 5.91 Å². The molecular formula is C18H22INOS2. The molecule has 4 rings (SSSR count). The molecule has 3 fully saturated rings. The van der Waals surface area contributed by atoms with Gasteiger partial charge in [-0.25, -0.2) is 0 Å². The van der Waals surface area contributed by atoms with Gasteiger partial charge in [0.15, 0.2) is 0 Å². The summed E-state index contributed by atoms with van der Waals surface area (Å²) in [4.78, 5) is 12.8. The molecule has 2 nitrogen and oxygen atoms in total. The molecule has 2 saturated carbocycles. The summed E-state index contributed by atoms with van der Waals surface area (Å²) in [6.45, 7) is 0. The topological polar surface area (TPSA) is 29.1 Å². The van der Waals surface area contributed by atoms with Gasteiger partial charge in [-0.15, -0.1) is 23.5 Å². The van der Waals surface area contributed by atoms with Crippen molar-refractivity contribution in [3.8, 4) is 0 Å². The quantitative estimate of drug-likeness (QED) is 0.614. The van der Waals surface area contributed by atoms with Gasteiger partial charge in [0, 0.05) is 26.7 Å². The van der Waals surface area contributed by atoms with E-state index in [-0.39, 0.29) is 11.8 Å². The van der Waals surface area contributed by atoms with Gasteiger partial charge in [0.05, 0.1) is 4.08 Å². The maximum atomic E-state index is 12.8. The SMILES string of the molecule is O=C(Nc1cccc(I)c1)C1C[C@H]2CCC[C@@H](C1)C21SCCS1. The zero-order chi connectivity index (χ0) is 15.9. The van der Waals surface area contributed by atoms with Crippen molar-refractivity contribution in [2.45, 2.75) is 36.2 Å². The Balaban J connectivity index is 1.48. The van der Waals surface area contributed by atoms with Crippen LogP contribution < -0.4 is 5.32 Å². The van der Waals surface area contributed by atoms with Gasteiger partial charge in [-0.1, -0.05) is 12.5 Å². The molecule has 2 aliphatic carbocycles. The molecule has 3 aliphatic rings. The monoisotopic (exact) mass is 459 g/mol. The highest BCUT2D eigenvalue weighted by Gasteiger charge is 2.55. The van der Waals surface area contributed by atoms with E-state index in [1.54, 1.807) is 0 Å². The number of amides is 1. The van der Waals surface area contributed by atoms with E-state index >= 15 is 0 Å². The first kappa shape index (κ1) is 16.6. The van der Waals surface area contributed by atoms with Crippen LogP contribution in [0, 0.1) is 21.3 Å². The van der Waals surface area contributed by atoms with E-state index in [2.05, 4.69) is 57.5 Å². The molecule has 1 unspecified atom stereocenters. The van der Waals surface area contributed by atoms with Crippen molar-refractivity contribution in [3.63, 3.8) is 0 Å². The summed E-state index contributed by atoms with van der Waals surface area (Å²) in [6, 6.07) is 8.10. The molecule has 5 heteroatoms. The molecule has 1 aromatic rings. The Labute approximate surface area is 160 Å². The van der Waals surface area contributed by atoms with Gasteiger partial charge in [-0.3, -0.25) is 4.79 Å². The van der Waals surface area contributed by atoms with Crippen LogP contribution in [0.4, 0.5) is 5.69 Å². The molecule has 124 valence electrons. The molecular weight excluding hydrogens is 437 g/mol. The summed E-state index contributed by atoms with van der Waals surface area (Å²) in [5.74, 6) is 4.52. The van der Waals surface area contributed by atoms with E-state index in [0.29, 0.717) is 4.08 Å². The summed E-state index contributed by atoms with van der Waals surface area (Å²) >= 11 is 6.71. The Morgan fingerprint density at radius 2 is 1.87 bits per heavy atom. The summed E-state index contributed by atoms with van der Waals surface area (Å²) in [5.41, 5.74) is 0.942. The van der Waals surface area contributed by atoms with Gasteiger partial charge in [0.1, 0.15) is 0 Å². The number of nitrogens with one attached hydrogen (secondary N) is 1. The minimum atomic E-state index is 0.204. The number of hydrogen-bond donors (Lipinski definition) is 1. The van der Waals surface area contributed by atoms with Crippen LogP contribution in [0.3, 0.4) is 0 Å². The van der Waals surface area contributed by atoms with Gasteiger partial charge in [0.25, 0.3) is 0 Å². The maximum absolute atomic E-state index is 12.8. The Bertz CT molecular complexity index is 586. The smallest absolute Gasteiger partial charge is 0.227 e. The fraction of sp³-hybridized carbons (Fsp3) is 0.611. The van der Waals surface area contributed by atoms with E-state index in [4.69, 9.17) is 0 Å². The molecule has 1 aromatic carbocycles. The number of carbonyl (C=O) groups excluding carboxylic acids is 1. The first-order valence-corrected chi connectivity index (χ1v) is 11.6. The lowest BCUT2D eigenvalue weighted by Crippen LogP contribution is -2.48. The van der Waals surface area contributed by atoms with Crippen LogP contribution in [-0.2, 0) is 4.79 Å². The first-order chi connectivity index (χ1) is 11.2. The van der Waals surface area contributed by atoms with Crippen molar-refractivity contribution < 1.29 is 4.79 Å². The van der Waals surface area contributed by atoms with Crippen LogP contribution in [0.1, 0.15) is 32.1 Å². The number of rotatable bonds is 2. The second kappa shape index (κ2) is 6.79. The Morgan fingerprint density at radius 3 is 2.52 bits per heavy atom. The van der Waals surface area contributed by atoms with Crippen molar-refractivity contribution >= 4 is 57.7 Å². The van der Waals surface area contributed by atoms with Crippen LogP contribution in [-0.4, -0.2) is 21.5 Å². The lowest BCUT2D eigenvalue weighted by atomic mass is 9.67. The predicted molar refractivity (Wildman–Crippen MR) is 109 cm³/mol. The number of thioether (sulfide) groups is 2. The van der Waals surface area contributed by atoms with Crippen LogP contribution in [0.15, 0.2) is 24.3 Å². The average molecular weight is 459 g/mol. The normalized spacial score (nSPS) is 32.0. The fourth-order valence-corrected chi connectivity index (χ4v) is 9.11. The third-order valence-corrected chi connectivity index (χ3v) is 10.3. The number of anilines is 1. The zero-order valence-corrected chi connectivity index (χ0v) is 16.9. The van der Waals surface area contributed by atoms with E-state index in [1.165, 1.54) is 34.3 Å². The van der Waals surface area contributed by atoms with Gasteiger partial charge in [-0.2, -0.15) is 0 Å². The lowest BCUT2D eigenvalue weighted by Gasteiger charge is -2.52. The highest BCUT2D eigenvalue weighted by Crippen LogP contribution is 2.64. The van der Waals surface area contributed by atoms with Crippen molar-refractivity contribution in [1.29, 1.82) is 0 Å². The summed E-state index contributed by atoms with van der Waals surface area (Å²) in [7, 11) is 0. The number of carbonyl (C=O) groups is 1. The zero-order valence-electron chi connectivity index (χ0n) is 13.1. The highest BCUT2D eigenvalue weighted by molar-refractivity contribution is 14.1. The van der Waals surface area contributed by atoms with Crippen molar-refractivity contribution in [2.75, 3.05) is 16.8 Å². The van der Waals surface area contributed by atoms with Crippen LogP contribution in [0.5, 0.6) is 0 Å². The lowest BCUT2D eigenvalue weighted by molar-refractivity contribution is -0.122. The van der Waals surface area contributed by atoms with E-state index in [0.717, 1.165) is 30.4 Å². The third-order valence-electron chi connectivity index (χ3n) is 5.58. The summed E-state index contributed by atoms with van der Waals surface area (Å²) in [5, 5.41) is 3.16. The van der Waals surface area contributed by atoms with Crippen molar-refractivity contribution in [1.82, 2.24) is 0 Å². The maximum Gasteiger partial charge on any atom is 0.227 e. The first-order valence-electron chi connectivity index (χ1n) is 8.52. The fourth-order valence-electron chi connectivity index (χ4n) is 4.63. The van der Waals surface area contributed by atoms with E-state index < -0.39 is 0 Å². The Hall–Kier alpha value is 0.120. The Morgan fingerprint density at radius 1 is 1.17 bits per heavy atom. The van der Waals surface area contributed by atoms with Crippen LogP contribution >= 0.6 is 46.1 Å². The highest BCUT2D eigenvalue weighted by atomic mass is 127. The minimum Gasteiger partial charge on any atom is -0.326 e. The molecule has 0 radical (unpaired) electrons. The molecule has 1 amide bonds. The molecule has 0 aromatic heterocycles. The minimum absolute atomic E-state index is 0.204. The van der Waals surface area contributed by atoms with E-state index in [1.807, 2.05) is 18.2 Å². The molecule has 3 atom stereocenters. The standard InChI is InChI=1S/C18H22INOS2/c19-15-5-2-6-16(11-15)20-17(21)12-9-13-3-1-4-14(10-12)18(13)22-7-8-23-18/h2,5-6,11-14H,1,3-4,7-10H2,(H,20,21)/t12?,13-,14+. The predicted octanol–water partition coefficient (Wildman–Crippen LogP) is 5.23. The average Bonchev–Trinajstić information content (AvgIpc) is 2.96. The molecule has 2 bridgehead atoms. The largest absolute Gasteiger partial charge is 0.326 e. The van der Waals surface area contributed by atoms with Crippen molar-refractivity contribution in [3.05, 3.63) is 27.8 Å². The second-order valence-corrected chi connectivity index (χ2v) is 11.2. The molecule has 23 heavy (non-hydrogen) atoms. The molecule has 1 saturated heterocycles. The van der Waals surface area contributed by atoms with Crippen LogP contribution in [0.25, 0.3) is 0 Å². The Kier molecular flexibility index (Phi) is 4.89. The van der Waals surface area contributed by atoms with Crippen LogP contribution in [0.2, 0.25) is 0 Å². The van der Waals surface area contributed by atoms with Gasteiger partial charge < -0.3 is 5.32 Å². The number of benzene rings is 1. The van der Waals surface area contributed by atoms with Gasteiger partial charge in [-0.05, 0) is 78.3 Å². The number of halogens is 1. The van der Waals surface area contributed by atoms with Crippen molar-refractivity contribution in [2.24, 2.45) is 17.8 Å².